The molecule has 0 radical (unpaired) electrons. The fourth-order valence-electron chi connectivity index (χ4n) is 3.64. The van der Waals surface area contributed by atoms with E-state index in [4.69, 9.17) is 4.74 Å². The third-order valence-electron chi connectivity index (χ3n) is 5.17. The molecule has 0 N–H and O–H groups in total. The van der Waals surface area contributed by atoms with E-state index in [9.17, 15) is 4.79 Å². The van der Waals surface area contributed by atoms with Gasteiger partial charge in [-0.15, -0.1) is 0 Å². The van der Waals surface area contributed by atoms with E-state index in [1.807, 2.05) is 43.6 Å². The quantitative estimate of drug-likeness (QED) is 0.649. The summed E-state index contributed by atoms with van der Waals surface area (Å²) in [5.41, 5.74) is 4.08. The van der Waals surface area contributed by atoms with E-state index in [1.54, 1.807) is 15.8 Å². The molecule has 0 saturated carbocycles. The summed E-state index contributed by atoms with van der Waals surface area (Å²) in [4.78, 5) is 17.0. The van der Waals surface area contributed by atoms with Gasteiger partial charge in [0.05, 0.1) is 31.5 Å². The molecule has 0 aliphatic carbocycles. The molecule has 3 aromatic rings. The molecule has 29 heavy (non-hydrogen) atoms. The first kappa shape index (κ1) is 19.2. The van der Waals surface area contributed by atoms with Crippen molar-refractivity contribution in [1.29, 1.82) is 0 Å². The van der Waals surface area contributed by atoms with Crippen molar-refractivity contribution in [3.05, 3.63) is 83.7 Å². The summed E-state index contributed by atoms with van der Waals surface area (Å²) in [6.45, 7) is 4.43. The van der Waals surface area contributed by atoms with Gasteiger partial charge in [0.25, 0.3) is 5.91 Å². The molecule has 0 atom stereocenters. The summed E-state index contributed by atoms with van der Waals surface area (Å²) in [7, 11) is 1.84. The van der Waals surface area contributed by atoms with Crippen LogP contribution < -0.4 is 4.90 Å². The van der Waals surface area contributed by atoms with Crippen molar-refractivity contribution in [3.8, 4) is 0 Å². The highest BCUT2D eigenvalue weighted by Crippen LogP contribution is 2.23. The lowest BCUT2D eigenvalue weighted by Gasteiger charge is -2.31. The van der Waals surface area contributed by atoms with Crippen LogP contribution in [0.15, 0.2) is 67.0 Å². The Morgan fingerprint density at radius 3 is 2.59 bits per heavy atom. The van der Waals surface area contributed by atoms with E-state index in [1.165, 1.54) is 5.69 Å². The second-order valence-corrected chi connectivity index (χ2v) is 7.30. The molecule has 1 fully saturated rings. The molecular formula is C23H26N4O2. The Morgan fingerprint density at radius 2 is 1.79 bits per heavy atom. The van der Waals surface area contributed by atoms with Gasteiger partial charge in [-0.3, -0.25) is 9.48 Å². The van der Waals surface area contributed by atoms with Gasteiger partial charge in [0, 0.05) is 38.6 Å². The molecule has 0 unspecified atom stereocenters. The molecule has 2 aromatic carbocycles. The van der Waals surface area contributed by atoms with Crippen molar-refractivity contribution < 1.29 is 9.53 Å². The average Bonchev–Trinajstić information content (AvgIpc) is 3.23. The van der Waals surface area contributed by atoms with Crippen LogP contribution in [-0.4, -0.2) is 53.9 Å². The van der Waals surface area contributed by atoms with Gasteiger partial charge in [-0.05, 0) is 17.2 Å². The Labute approximate surface area is 171 Å². The lowest BCUT2D eigenvalue weighted by atomic mass is 10.1. The lowest BCUT2D eigenvalue weighted by Crippen LogP contribution is -2.37. The Hall–Kier alpha value is -3.12. The molecule has 150 valence electrons. The summed E-state index contributed by atoms with van der Waals surface area (Å²) in [5, 5.41) is 4.36. The van der Waals surface area contributed by atoms with Crippen molar-refractivity contribution in [2.24, 2.45) is 0 Å². The van der Waals surface area contributed by atoms with Crippen molar-refractivity contribution in [3.63, 3.8) is 0 Å². The van der Waals surface area contributed by atoms with Gasteiger partial charge in [-0.25, -0.2) is 0 Å². The molecule has 6 nitrogen and oxygen atoms in total. The molecule has 0 bridgehead atoms. The zero-order chi connectivity index (χ0) is 20.1. The summed E-state index contributed by atoms with van der Waals surface area (Å²) in [5.74, 6) is -0.0268. The highest BCUT2D eigenvalue weighted by molar-refractivity contribution is 5.93. The molecular weight excluding hydrogens is 364 g/mol. The Balaban J connectivity index is 1.44. The maximum atomic E-state index is 12.9. The van der Waals surface area contributed by atoms with Crippen LogP contribution in [-0.2, 0) is 17.8 Å². The van der Waals surface area contributed by atoms with Gasteiger partial charge < -0.3 is 14.5 Å². The van der Waals surface area contributed by atoms with Crippen LogP contribution in [0.3, 0.4) is 0 Å². The number of morpholine rings is 1. The summed E-state index contributed by atoms with van der Waals surface area (Å²) >= 11 is 0. The second-order valence-electron chi connectivity index (χ2n) is 7.30. The SMILES string of the molecule is CN(Cc1ccccc1N1CCOCC1)C(=O)c1cnn(Cc2ccccc2)c1. The monoisotopic (exact) mass is 390 g/mol. The number of hydrogen-bond donors (Lipinski definition) is 0. The van der Waals surface area contributed by atoms with Crippen LogP contribution in [0.1, 0.15) is 21.5 Å². The number of ether oxygens (including phenoxy) is 1. The molecule has 1 aliphatic rings. The van der Waals surface area contributed by atoms with Crippen molar-refractivity contribution in [2.45, 2.75) is 13.1 Å². The van der Waals surface area contributed by atoms with Gasteiger partial charge in [0.2, 0.25) is 0 Å². The number of para-hydroxylation sites is 1. The Bertz CT molecular complexity index is 948. The van der Waals surface area contributed by atoms with Gasteiger partial charge in [0.15, 0.2) is 0 Å². The first-order chi connectivity index (χ1) is 14.2. The van der Waals surface area contributed by atoms with E-state index in [-0.39, 0.29) is 5.91 Å². The molecule has 1 aliphatic heterocycles. The van der Waals surface area contributed by atoms with Crippen molar-refractivity contribution in [1.82, 2.24) is 14.7 Å². The topological polar surface area (TPSA) is 50.6 Å². The predicted molar refractivity (Wildman–Crippen MR) is 113 cm³/mol. The fraction of sp³-hybridized carbons (Fsp3) is 0.304. The van der Waals surface area contributed by atoms with Gasteiger partial charge in [0.1, 0.15) is 0 Å². The molecule has 1 aromatic heterocycles. The van der Waals surface area contributed by atoms with Gasteiger partial charge in [-0.2, -0.15) is 5.10 Å². The first-order valence-corrected chi connectivity index (χ1v) is 9.93. The van der Waals surface area contributed by atoms with E-state index in [2.05, 4.69) is 34.3 Å². The largest absolute Gasteiger partial charge is 0.378 e. The van der Waals surface area contributed by atoms with Gasteiger partial charge >= 0.3 is 0 Å². The van der Waals surface area contributed by atoms with Crippen molar-refractivity contribution in [2.75, 3.05) is 38.3 Å². The van der Waals surface area contributed by atoms with Crippen LogP contribution in [0, 0.1) is 0 Å². The number of carbonyl (C=O) groups is 1. The molecule has 1 amide bonds. The highest BCUT2D eigenvalue weighted by atomic mass is 16.5. The second kappa shape index (κ2) is 8.92. The minimum atomic E-state index is -0.0268. The van der Waals surface area contributed by atoms with E-state index in [0.29, 0.717) is 18.7 Å². The van der Waals surface area contributed by atoms with Gasteiger partial charge in [-0.1, -0.05) is 48.5 Å². The lowest BCUT2D eigenvalue weighted by molar-refractivity contribution is 0.0784. The van der Waals surface area contributed by atoms with E-state index in [0.717, 1.165) is 37.4 Å². The average molecular weight is 390 g/mol. The first-order valence-electron chi connectivity index (χ1n) is 9.93. The maximum absolute atomic E-state index is 12.9. The van der Waals surface area contributed by atoms with E-state index >= 15 is 0 Å². The van der Waals surface area contributed by atoms with Crippen LogP contribution >= 0.6 is 0 Å². The van der Waals surface area contributed by atoms with E-state index < -0.39 is 0 Å². The number of carbonyl (C=O) groups excluding carboxylic acids is 1. The van der Waals surface area contributed by atoms with Crippen LogP contribution in [0.2, 0.25) is 0 Å². The number of rotatable bonds is 6. The van der Waals surface area contributed by atoms with Crippen LogP contribution in [0.25, 0.3) is 0 Å². The minimum absolute atomic E-state index is 0.0268. The Kier molecular flexibility index (Phi) is 5.91. The highest BCUT2D eigenvalue weighted by Gasteiger charge is 2.18. The third-order valence-corrected chi connectivity index (χ3v) is 5.17. The fourth-order valence-corrected chi connectivity index (χ4v) is 3.64. The molecule has 6 heteroatoms. The standard InChI is InChI=1S/C23H26N4O2/c1-25(17-20-9-5-6-10-22(20)26-11-13-29-14-12-26)23(28)21-15-24-27(18-21)16-19-7-3-2-4-8-19/h2-10,15,18H,11-14,16-17H2,1H3. The molecule has 0 spiro atoms. The minimum Gasteiger partial charge on any atom is -0.378 e. The van der Waals surface area contributed by atoms with Crippen LogP contribution in [0.4, 0.5) is 5.69 Å². The number of anilines is 1. The molecule has 4 rings (SSSR count). The summed E-state index contributed by atoms with van der Waals surface area (Å²) in [6, 6.07) is 18.4. The predicted octanol–water partition coefficient (Wildman–Crippen LogP) is 3.04. The molecule has 1 saturated heterocycles. The number of nitrogens with zero attached hydrogens (tertiary/aromatic N) is 4. The zero-order valence-electron chi connectivity index (χ0n) is 16.7. The number of amides is 1. The smallest absolute Gasteiger partial charge is 0.257 e. The number of benzene rings is 2. The third kappa shape index (κ3) is 4.66. The Morgan fingerprint density at radius 1 is 1.07 bits per heavy atom. The van der Waals surface area contributed by atoms with Crippen molar-refractivity contribution >= 4 is 11.6 Å². The summed E-state index contributed by atoms with van der Waals surface area (Å²) in [6.07, 6.45) is 3.47. The molecule has 2 heterocycles. The summed E-state index contributed by atoms with van der Waals surface area (Å²) < 4.78 is 7.27. The van der Waals surface area contributed by atoms with Crippen LogP contribution in [0.5, 0.6) is 0 Å². The normalized spacial score (nSPS) is 14.0. The number of hydrogen-bond acceptors (Lipinski definition) is 4. The zero-order valence-corrected chi connectivity index (χ0v) is 16.7. The maximum Gasteiger partial charge on any atom is 0.257 e. The number of aromatic nitrogens is 2.